The summed E-state index contributed by atoms with van der Waals surface area (Å²) in [5.74, 6) is -1.33. The standard InChI is InChI=1S/C28H27N3O5/c1-15-20(32)13-19(21-7-4-12-35-21)31-25(15)28-10-8-22(36-28)23(24(28)27(31)34)26(33)29-11-9-16-14-30-18-6-3-2-5-17(16)18/h2-8,10,12,14-15,19,22-25,30H,9,11,13H2,1H3,(H,29,33)/t15-,19+,22+,23-,24-,25+,28-/m0/s1. The molecule has 0 radical (unpaired) electrons. The van der Waals surface area contributed by atoms with Crippen LogP contribution in [0, 0.1) is 17.8 Å². The predicted molar refractivity (Wildman–Crippen MR) is 130 cm³/mol. The number of H-pyrrole nitrogens is 1. The molecule has 0 unspecified atom stereocenters. The molecule has 0 saturated carbocycles. The fourth-order valence-electron chi connectivity index (χ4n) is 7.04. The Hall–Kier alpha value is -3.65. The van der Waals surface area contributed by atoms with Crippen LogP contribution >= 0.6 is 0 Å². The number of piperidine rings is 1. The van der Waals surface area contributed by atoms with Gasteiger partial charge in [0.25, 0.3) is 0 Å². The van der Waals surface area contributed by atoms with Crippen LogP contribution in [0.15, 0.2) is 65.4 Å². The average molecular weight is 486 g/mol. The van der Waals surface area contributed by atoms with Crippen LogP contribution in [0.3, 0.4) is 0 Å². The molecule has 1 aromatic carbocycles. The van der Waals surface area contributed by atoms with E-state index in [4.69, 9.17) is 9.15 Å². The number of benzene rings is 1. The lowest BCUT2D eigenvalue weighted by atomic mass is 9.70. The molecule has 1 spiro atoms. The number of aromatic amines is 1. The molecule has 2 amide bonds. The molecule has 6 heterocycles. The van der Waals surface area contributed by atoms with Crippen molar-refractivity contribution in [1.82, 2.24) is 15.2 Å². The number of para-hydroxylation sites is 1. The van der Waals surface area contributed by atoms with Gasteiger partial charge < -0.3 is 24.4 Å². The van der Waals surface area contributed by atoms with Crippen molar-refractivity contribution in [1.29, 1.82) is 0 Å². The second-order valence-electron chi connectivity index (χ2n) is 10.4. The lowest BCUT2D eigenvalue weighted by Crippen LogP contribution is -2.55. The number of ketones is 1. The summed E-state index contributed by atoms with van der Waals surface area (Å²) in [6.07, 6.45) is 7.75. The van der Waals surface area contributed by atoms with Crippen LogP contribution in [0.25, 0.3) is 10.9 Å². The van der Waals surface area contributed by atoms with Crippen molar-refractivity contribution in [3.05, 3.63) is 72.3 Å². The highest BCUT2D eigenvalue weighted by Crippen LogP contribution is 2.59. The number of Topliss-reactive ketones (excluding diaryl/α,β-unsaturated/α-hetero) is 1. The molecule has 184 valence electrons. The second kappa shape index (κ2) is 7.67. The van der Waals surface area contributed by atoms with Crippen molar-refractivity contribution in [3.63, 3.8) is 0 Å². The Balaban J connectivity index is 1.15. The lowest BCUT2D eigenvalue weighted by molar-refractivity contribution is -0.148. The Morgan fingerprint density at radius 2 is 2.08 bits per heavy atom. The topological polar surface area (TPSA) is 105 Å². The monoisotopic (exact) mass is 485 g/mol. The zero-order chi connectivity index (χ0) is 24.6. The van der Waals surface area contributed by atoms with E-state index >= 15 is 0 Å². The number of carbonyl (C=O) groups excluding carboxylic acids is 3. The summed E-state index contributed by atoms with van der Waals surface area (Å²) in [5.41, 5.74) is 1.23. The van der Waals surface area contributed by atoms with E-state index in [1.807, 2.05) is 43.5 Å². The van der Waals surface area contributed by atoms with E-state index in [9.17, 15) is 14.4 Å². The third kappa shape index (κ3) is 2.82. The first-order chi connectivity index (χ1) is 17.5. The van der Waals surface area contributed by atoms with Gasteiger partial charge in [0, 0.05) is 36.0 Å². The van der Waals surface area contributed by atoms with Crippen LogP contribution < -0.4 is 5.32 Å². The van der Waals surface area contributed by atoms with Crippen molar-refractivity contribution in [2.24, 2.45) is 17.8 Å². The number of carbonyl (C=O) groups is 3. The molecule has 3 aromatic rings. The molecule has 8 heteroatoms. The van der Waals surface area contributed by atoms with Gasteiger partial charge in [0.05, 0.1) is 36.3 Å². The number of nitrogens with one attached hydrogen (secondary N) is 2. The van der Waals surface area contributed by atoms with Gasteiger partial charge in [-0.2, -0.15) is 0 Å². The van der Waals surface area contributed by atoms with Crippen LogP contribution in [0.4, 0.5) is 0 Å². The summed E-state index contributed by atoms with van der Waals surface area (Å²) in [6.45, 7) is 2.32. The van der Waals surface area contributed by atoms with Gasteiger partial charge in [0.1, 0.15) is 17.1 Å². The summed E-state index contributed by atoms with van der Waals surface area (Å²) in [4.78, 5) is 45.5. The van der Waals surface area contributed by atoms with Crippen LogP contribution in [0.1, 0.15) is 30.7 Å². The summed E-state index contributed by atoms with van der Waals surface area (Å²) >= 11 is 0. The number of rotatable bonds is 5. The Bertz CT molecular complexity index is 1410. The number of ether oxygens (including phenoxy) is 1. The van der Waals surface area contributed by atoms with Crippen molar-refractivity contribution in [2.45, 2.75) is 43.6 Å². The molecule has 7 atom stereocenters. The fourth-order valence-corrected chi connectivity index (χ4v) is 7.04. The van der Waals surface area contributed by atoms with E-state index in [1.54, 1.807) is 23.3 Å². The molecule has 4 aliphatic rings. The van der Waals surface area contributed by atoms with Gasteiger partial charge in [-0.25, -0.2) is 0 Å². The van der Waals surface area contributed by atoms with E-state index in [1.165, 1.54) is 0 Å². The van der Waals surface area contributed by atoms with E-state index < -0.39 is 41.5 Å². The minimum Gasteiger partial charge on any atom is -0.467 e. The number of amides is 2. The molecular formula is C28H27N3O5. The first kappa shape index (κ1) is 21.6. The molecule has 0 aliphatic carbocycles. The molecule has 3 fully saturated rings. The number of hydrogen-bond donors (Lipinski definition) is 2. The summed E-state index contributed by atoms with van der Waals surface area (Å²) < 4.78 is 12.0. The largest absolute Gasteiger partial charge is 0.467 e. The van der Waals surface area contributed by atoms with E-state index in [-0.39, 0.29) is 24.0 Å². The summed E-state index contributed by atoms with van der Waals surface area (Å²) in [6, 6.07) is 10.7. The van der Waals surface area contributed by atoms with E-state index in [0.29, 0.717) is 18.7 Å². The smallest absolute Gasteiger partial charge is 0.230 e. The predicted octanol–water partition coefficient (Wildman–Crippen LogP) is 2.92. The number of nitrogens with zero attached hydrogens (tertiary/aromatic N) is 1. The third-order valence-corrected chi connectivity index (χ3v) is 8.62. The highest BCUT2D eigenvalue weighted by Gasteiger charge is 2.74. The number of furan rings is 1. The van der Waals surface area contributed by atoms with Crippen molar-refractivity contribution < 1.29 is 23.5 Å². The summed E-state index contributed by atoms with van der Waals surface area (Å²) in [7, 11) is 0. The number of aromatic nitrogens is 1. The third-order valence-electron chi connectivity index (χ3n) is 8.62. The molecule has 2 bridgehead atoms. The van der Waals surface area contributed by atoms with Crippen molar-refractivity contribution in [3.8, 4) is 0 Å². The number of fused-ring (bicyclic) bond motifs is 3. The van der Waals surface area contributed by atoms with Crippen LogP contribution in [0.5, 0.6) is 0 Å². The molecule has 4 aliphatic heterocycles. The first-order valence-corrected chi connectivity index (χ1v) is 12.6. The van der Waals surface area contributed by atoms with Crippen molar-refractivity contribution in [2.75, 3.05) is 6.54 Å². The van der Waals surface area contributed by atoms with Gasteiger partial charge in [-0.1, -0.05) is 37.3 Å². The van der Waals surface area contributed by atoms with Gasteiger partial charge in [-0.15, -0.1) is 0 Å². The Morgan fingerprint density at radius 1 is 1.22 bits per heavy atom. The summed E-state index contributed by atoms with van der Waals surface area (Å²) in [5, 5.41) is 4.20. The maximum atomic E-state index is 14.0. The SMILES string of the molecule is C[C@H]1C(=O)C[C@H](c2ccco2)N2C(=O)[C@@H]3[C@@H](C(=O)NCCc4c[nH]c5ccccc45)[C@H]4C=C[C@@]3(O4)[C@@H]12. The Morgan fingerprint density at radius 3 is 2.92 bits per heavy atom. The molecule has 36 heavy (non-hydrogen) atoms. The van der Waals surface area contributed by atoms with Crippen LogP contribution in [0.2, 0.25) is 0 Å². The Labute approximate surface area is 207 Å². The van der Waals surface area contributed by atoms with Gasteiger partial charge in [0.2, 0.25) is 11.8 Å². The molecule has 2 aromatic heterocycles. The molecule has 7 rings (SSSR count). The fraction of sp³-hybridized carbons (Fsp3) is 0.393. The highest BCUT2D eigenvalue weighted by molar-refractivity contribution is 5.96. The zero-order valence-corrected chi connectivity index (χ0v) is 19.8. The zero-order valence-electron chi connectivity index (χ0n) is 19.8. The Kier molecular flexibility index (Phi) is 4.61. The molecular weight excluding hydrogens is 458 g/mol. The number of hydrogen-bond acceptors (Lipinski definition) is 5. The van der Waals surface area contributed by atoms with Crippen molar-refractivity contribution >= 4 is 28.5 Å². The lowest BCUT2D eigenvalue weighted by Gasteiger charge is -2.43. The van der Waals surface area contributed by atoms with E-state index in [2.05, 4.69) is 16.4 Å². The first-order valence-electron chi connectivity index (χ1n) is 12.6. The van der Waals surface area contributed by atoms with Gasteiger partial charge in [-0.05, 0) is 30.2 Å². The molecule has 3 saturated heterocycles. The average Bonchev–Trinajstić information content (AvgIpc) is 3.69. The van der Waals surface area contributed by atoms with Crippen LogP contribution in [-0.4, -0.2) is 51.8 Å². The quantitative estimate of drug-likeness (QED) is 0.541. The van der Waals surface area contributed by atoms with Gasteiger partial charge >= 0.3 is 0 Å². The van der Waals surface area contributed by atoms with Gasteiger partial charge in [0.15, 0.2) is 0 Å². The molecule has 2 N–H and O–H groups in total. The maximum Gasteiger partial charge on any atom is 0.230 e. The molecule has 8 nitrogen and oxygen atoms in total. The van der Waals surface area contributed by atoms with Gasteiger partial charge in [-0.3, -0.25) is 14.4 Å². The highest BCUT2D eigenvalue weighted by atomic mass is 16.5. The van der Waals surface area contributed by atoms with Crippen LogP contribution in [-0.2, 0) is 25.5 Å². The second-order valence-corrected chi connectivity index (χ2v) is 10.4. The normalized spacial score (nSPS) is 34.4. The minimum atomic E-state index is -0.971. The minimum absolute atomic E-state index is 0.0764. The maximum absolute atomic E-state index is 14.0. The van der Waals surface area contributed by atoms with E-state index in [0.717, 1.165) is 16.5 Å².